The fourth-order valence-electron chi connectivity index (χ4n) is 4.27. The second-order valence-electron chi connectivity index (χ2n) is 9.93. The van der Waals surface area contributed by atoms with Gasteiger partial charge in [0, 0.05) is 36.8 Å². The van der Waals surface area contributed by atoms with Crippen LogP contribution in [0.1, 0.15) is 82.3 Å². The molecule has 0 aromatic heterocycles. The molecule has 0 spiro atoms. The zero-order valence-electron chi connectivity index (χ0n) is 22.4. The lowest BCUT2D eigenvalue weighted by Gasteiger charge is -2.36. The number of nitrogens with one attached hydrogen (secondary N) is 1. The van der Waals surface area contributed by atoms with E-state index in [0.29, 0.717) is 18.1 Å². The van der Waals surface area contributed by atoms with E-state index in [1.54, 1.807) is 0 Å². The van der Waals surface area contributed by atoms with Crippen molar-refractivity contribution >= 4 is 11.6 Å². The van der Waals surface area contributed by atoms with Crippen LogP contribution in [-0.4, -0.2) is 42.0 Å². The largest absolute Gasteiger partial charge is 0.376 e. The number of benzene rings is 2. The smallest absolute Gasteiger partial charge is 0.245 e. The molecule has 7 nitrogen and oxygen atoms in total. The summed E-state index contributed by atoms with van der Waals surface area (Å²) in [5, 5.41) is 13.1. The lowest BCUT2D eigenvalue weighted by molar-refractivity contribution is -0.260. The molecule has 1 aliphatic rings. The lowest BCUT2D eigenvalue weighted by atomic mass is 10.0. The van der Waals surface area contributed by atoms with Gasteiger partial charge in [0.15, 0.2) is 6.29 Å². The van der Waals surface area contributed by atoms with Crippen LogP contribution in [0.5, 0.6) is 0 Å². The number of hydrogen-bond donors (Lipinski definition) is 2. The fourth-order valence-corrected chi connectivity index (χ4v) is 4.27. The van der Waals surface area contributed by atoms with Crippen molar-refractivity contribution in [2.45, 2.75) is 83.4 Å². The Hall–Kier alpha value is -2.71. The van der Waals surface area contributed by atoms with E-state index in [0.717, 1.165) is 61.0 Å². The predicted octanol–water partition coefficient (Wildman–Crippen LogP) is 6.77. The first-order valence-electron chi connectivity index (χ1n) is 13.3. The Morgan fingerprint density at radius 1 is 1.03 bits per heavy atom. The molecule has 3 unspecified atom stereocenters. The van der Waals surface area contributed by atoms with E-state index in [2.05, 4.69) is 24.0 Å². The Morgan fingerprint density at radius 2 is 1.70 bits per heavy atom. The summed E-state index contributed by atoms with van der Waals surface area (Å²) in [6.45, 7) is 8.75. The number of allylic oxidation sites excluding steroid dienone is 1. The van der Waals surface area contributed by atoms with Crippen LogP contribution in [0.15, 0.2) is 66.9 Å². The molecule has 2 N–H and O–H groups in total. The molecule has 0 aliphatic carbocycles. The van der Waals surface area contributed by atoms with Crippen molar-refractivity contribution in [3.05, 3.63) is 78.0 Å². The zero-order valence-corrected chi connectivity index (χ0v) is 22.4. The van der Waals surface area contributed by atoms with E-state index < -0.39 is 6.29 Å². The first-order valence-corrected chi connectivity index (χ1v) is 13.3. The fraction of sp³-hybridized carbons (Fsp3) is 0.500. The molecule has 0 radical (unpaired) electrons. The van der Waals surface area contributed by atoms with Crippen LogP contribution >= 0.6 is 0 Å². The Morgan fingerprint density at radius 3 is 2.35 bits per heavy atom. The summed E-state index contributed by atoms with van der Waals surface area (Å²) in [5.41, 5.74) is 4.04. The maximum Gasteiger partial charge on any atom is 0.245 e. The van der Waals surface area contributed by atoms with E-state index in [4.69, 9.17) is 19.4 Å². The summed E-state index contributed by atoms with van der Waals surface area (Å²) >= 11 is 0. The Balaban J connectivity index is 1.49. The molecular weight excluding hydrogens is 468 g/mol. The molecular formula is C30H42N2O5. The maximum atomic E-state index is 11.4. The normalized spacial score (nSPS) is 19.5. The molecule has 1 aliphatic heterocycles. The molecule has 3 atom stereocenters. The van der Waals surface area contributed by atoms with Crippen LogP contribution in [0.25, 0.3) is 0 Å². The summed E-state index contributed by atoms with van der Waals surface area (Å²) in [4.78, 5) is 11.4. The van der Waals surface area contributed by atoms with Crippen molar-refractivity contribution in [2.75, 3.05) is 19.0 Å². The molecule has 0 bridgehead atoms. The third-order valence-electron chi connectivity index (χ3n) is 6.35. The Bertz CT molecular complexity index is 962. The number of unbranched alkanes of at least 4 members (excludes halogenated alkanes) is 3. The number of hydroxylamine groups is 2. The molecule has 2 aromatic rings. The first-order chi connectivity index (χ1) is 17.8. The summed E-state index contributed by atoms with van der Waals surface area (Å²) in [6.07, 6.45) is 5.33. The molecule has 202 valence electrons. The zero-order chi connectivity index (χ0) is 26.6. The topological polar surface area (TPSA) is 80.3 Å². The number of anilines is 1. The SMILES string of the molecule is C=C(CCCCCCC(=O)N(C)O)Nc1ccc(C2OC(COC(C)C)CC(c3ccccc3)O2)cc1. The summed E-state index contributed by atoms with van der Waals surface area (Å²) in [6, 6.07) is 18.4. The minimum atomic E-state index is -0.463. The highest BCUT2D eigenvalue weighted by Gasteiger charge is 2.32. The van der Waals surface area contributed by atoms with Crippen molar-refractivity contribution in [1.82, 2.24) is 5.06 Å². The van der Waals surface area contributed by atoms with Gasteiger partial charge >= 0.3 is 0 Å². The van der Waals surface area contributed by atoms with Gasteiger partial charge in [0.25, 0.3) is 0 Å². The average molecular weight is 511 g/mol. The van der Waals surface area contributed by atoms with Crippen LogP contribution in [0, 0.1) is 0 Å². The predicted molar refractivity (Wildman–Crippen MR) is 145 cm³/mol. The van der Waals surface area contributed by atoms with Gasteiger partial charge in [0.05, 0.1) is 24.9 Å². The van der Waals surface area contributed by atoms with Gasteiger partial charge in [-0.2, -0.15) is 0 Å². The van der Waals surface area contributed by atoms with Crippen molar-refractivity contribution in [3.63, 3.8) is 0 Å². The van der Waals surface area contributed by atoms with Crippen molar-refractivity contribution in [2.24, 2.45) is 0 Å². The maximum absolute atomic E-state index is 11.4. The van der Waals surface area contributed by atoms with Crippen LogP contribution < -0.4 is 5.32 Å². The number of nitrogens with zero attached hydrogens (tertiary/aromatic N) is 1. The molecule has 0 saturated carbocycles. The minimum Gasteiger partial charge on any atom is -0.376 e. The van der Waals surface area contributed by atoms with Gasteiger partial charge in [-0.15, -0.1) is 0 Å². The summed E-state index contributed by atoms with van der Waals surface area (Å²) in [5.74, 6) is -0.242. The molecule has 37 heavy (non-hydrogen) atoms. The highest BCUT2D eigenvalue weighted by atomic mass is 16.7. The third kappa shape index (κ3) is 9.93. The standard InChI is InChI=1S/C30H42N2O5/c1-22(2)35-21-27-20-28(24-13-9-7-10-14-24)37-30(36-27)25-16-18-26(19-17-25)31-23(3)12-8-5-6-11-15-29(33)32(4)34/h7,9-10,13-14,16-19,22,27-28,30-31,34H,3,5-6,8,11-12,15,20-21H2,1-2,4H3. The summed E-state index contributed by atoms with van der Waals surface area (Å²) in [7, 11) is 1.36. The van der Waals surface area contributed by atoms with Gasteiger partial charge in [0.2, 0.25) is 5.91 Å². The van der Waals surface area contributed by atoms with Crippen LogP contribution in [0.2, 0.25) is 0 Å². The van der Waals surface area contributed by atoms with Crippen molar-refractivity contribution in [1.29, 1.82) is 0 Å². The molecule has 2 aromatic carbocycles. The van der Waals surface area contributed by atoms with Gasteiger partial charge < -0.3 is 19.5 Å². The highest BCUT2D eigenvalue weighted by molar-refractivity contribution is 5.74. The quantitative estimate of drug-likeness (QED) is 0.166. The van der Waals surface area contributed by atoms with E-state index in [1.807, 2.05) is 56.3 Å². The van der Waals surface area contributed by atoms with E-state index in [9.17, 15) is 4.79 Å². The van der Waals surface area contributed by atoms with Gasteiger partial charge in [-0.3, -0.25) is 10.0 Å². The number of rotatable bonds is 14. The molecule has 1 saturated heterocycles. The monoisotopic (exact) mass is 510 g/mol. The Kier molecular flexibility index (Phi) is 11.6. The number of hydrogen-bond acceptors (Lipinski definition) is 6. The number of carbonyl (C=O) groups excluding carboxylic acids is 1. The van der Waals surface area contributed by atoms with Gasteiger partial charge in [-0.05, 0) is 50.8 Å². The van der Waals surface area contributed by atoms with Gasteiger partial charge in [-0.1, -0.05) is 61.9 Å². The first kappa shape index (κ1) is 28.9. The molecule has 1 amide bonds. The average Bonchev–Trinajstić information content (AvgIpc) is 2.90. The van der Waals surface area contributed by atoms with E-state index in [1.165, 1.54) is 7.05 Å². The third-order valence-corrected chi connectivity index (χ3v) is 6.35. The molecule has 3 rings (SSSR count). The number of amides is 1. The number of carbonyl (C=O) groups is 1. The van der Waals surface area contributed by atoms with Crippen LogP contribution in [0.3, 0.4) is 0 Å². The molecule has 7 heteroatoms. The van der Waals surface area contributed by atoms with Crippen molar-refractivity contribution in [3.8, 4) is 0 Å². The minimum absolute atomic E-state index is 0.0494. The van der Waals surface area contributed by atoms with Crippen molar-refractivity contribution < 1.29 is 24.2 Å². The van der Waals surface area contributed by atoms with E-state index in [-0.39, 0.29) is 24.2 Å². The molecule has 1 heterocycles. The van der Waals surface area contributed by atoms with Gasteiger partial charge in [0.1, 0.15) is 0 Å². The second kappa shape index (κ2) is 14.9. The van der Waals surface area contributed by atoms with E-state index >= 15 is 0 Å². The van der Waals surface area contributed by atoms with Crippen LogP contribution in [-0.2, 0) is 19.0 Å². The lowest BCUT2D eigenvalue weighted by Crippen LogP contribution is -2.33. The second-order valence-corrected chi connectivity index (χ2v) is 9.93. The molecule has 1 fully saturated rings. The Labute approximate surface area is 221 Å². The highest BCUT2D eigenvalue weighted by Crippen LogP contribution is 2.38. The van der Waals surface area contributed by atoms with Crippen LogP contribution in [0.4, 0.5) is 5.69 Å². The summed E-state index contributed by atoms with van der Waals surface area (Å²) < 4.78 is 18.5. The van der Waals surface area contributed by atoms with Gasteiger partial charge in [-0.25, -0.2) is 5.06 Å². The number of ether oxygens (including phenoxy) is 3.